The summed E-state index contributed by atoms with van der Waals surface area (Å²) in [6.07, 6.45) is 5.07. The summed E-state index contributed by atoms with van der Waals surface area (Å²) >= 11 is 0. The third-order valence-corrected chi connectivity index (χ3v) is 2.98. The van der Waals surface area contributed by atoms with Crippen molar-refractivity contribution < 1.29 is 0 Å². The number of hydrogen-bond acceptors (Lipinski definition) is 2. The molecule has 0 radical (unpaired) electrons. The van der Waals surface area contributed by atoms with Gasteiger partial charge in [0.25, 0.3) is 0 Å². The van der Waals surface area contributed by atoms with Crippen molar-refractivity contribution in [3.63, 3.8) is 0 Å². The fraction of sp³-hybridized carbons (Fsp3) is 0.786. The van der Waals surface area contributed by atoms with E-state index < -0.39 is 0 Å². The second-order valence-electron chi connectivity index (χ2n) is 5.11. The lowest BCUT2D eigenvalue weighted by Gasteiger charge is -2.39. The first-order valence-electron chi connectivity index (χ1n) is 6.23. The standard InChI is InChI=1S/C14H26N2/c1-6-8-10-16(9-7-2)14(4,5)11-13(3)12-15/h6,13H,1,7-11H2,2-5H3. The van der Waals surface area contributed by atoms with Crippen molar-refractivity contribution >= 4 is 0 Å². The van der Waals surface area contributed by atoms with Crippen LogP contribution < -0.4 is 0 Å². The summed E-state index contributed by atoms with van der Waals surface area (Å²) in [4.78, 5) is 2.47. The lowest BCUT2D eigenvalue weighted by atomic mass is 9.90. The van der Waals surface area contributed by atoms with Gasteiger partial charge in [-0.3, -0.25) is 4.90 Å². The molecule has 0 aromatic rings. The van der Waals surface area contributed by atoms with Gasteiger partial charge in [0.15, 0.2) is 0 Å². The van der Waals surface area contributed by atoms with Gasteiger partial charge in [0.05, 0.1) is 6.07 Å². The fourth-order valence-electron chi connectivity index (χ4n) is 2.16. The molecule has 92 valence electrons. The van der Waals surface area contributed by atoms with E-state index in [4.69, 9.17) is 5.26 Å². The van der Waals surface area contributed by atoms with Crippen molar-refractivity contribution in [3.05, 3.63) is 12.7 Å². The highest BCUT2D eigenvalue weighted by atomic mass is 15.2. The van der Waals surface area contributed by atoms with E-state index in [0.717, 1.165) is 32.4 Å². The molecule has 2 heteroatoms. The minimum absolute atomic E-state index is 0.105. The molecular weight excluding hydrogens is 196 g/mol. The lowest BCUT2D eigenvalue weighted by Crippen LogP contribution is -2.45. The van der Waals surface area contributed by atoms with Gasteiger partial charge in [0.1, 0.15) is 0 Å². The van der Waals surface area contributed by atoms with Crippen LogP contribution in [0.1, 0.15) is 47.0 Å². The SMILES string of the molecule is C=CCCN(CCC)C(C)(C)CC(C)C#N. The van der Waals surface area contributed by atoms with Crippen LogP contribution in [0, 0.1) is 17.2 Å². The molecule has 0 aromatic carbocycles. The van der Waals surface area contributed by atoms with Crippen molar-refractivity contribution in [2.75, 3.05) is 13.1 Å². The molecular formula is C14H26N2. The molecule has 0 aromatic heterocycles. The van der Waals surface area contributed by atoms with Gasteiger partial charge in [-0.25, -0.2) is 0 Å². The zero-order valence-corrected chi connectivity index (χ0v) is 11.3. The molecule has 0 aliphatic rings. The van der Waals surface area contributed by atoms with Gasteiger partial charge in [-0.1, -0.05) is 13.0 Å². The van der Waals surface area contributed by atoms with Gasteiger partial charge < -0.3 is 0 Å². The van der Waals surface area contributed by atoms with Crippen molar-refractivity contribution in [1.82, 2.24) is 4.90 Å². The van der Waals surface area contributed by atoms with E-state index in [1.165, 1.54) is 0 Å². The fourth-order valence-corrected chi connectivity index (χ4v) is 2.16. The van der Waals surface area contributed by atoms with Crippen LogP contribution in [0.25, 0.3) is 0 Å². The molecule has 2 nitrogen and oxygen atoms in total. The first kappa shape index (κ1) is 15.2. The summed E-state index contributed by atoms with van der Waals surface area (Å²) in [6.45, 7) is 14.6. The Balaban J connectivity index is 4.47. The van der Waals surface area contributed by atoms with Crippen LogP contribution in [0.2, 0.25) is 0 Å². The molecule has 0 spiro atoms. The molecule has 0 N–H and O–H groups in total. The van der Waals surface area contributed by atoms with Crippen LogP contribution in [0.3, 0.4) is 0 Å². The summed E-state index contributed by atoms with van der Waals surface area (Å²) in [6, 6.07) is 2.33. The average molecular weight is 222 g/mol. The summed E-state index contributed by atoms with van der Waals surface area (Å²) in [5.41, 5.74) is 0.105. The molecule has 0 bridgehead atoms. The van der Waals surface area contributed by atoms with E-state index in [1.54, 1.807) is 0 Å². The molecule has 1 unspecified atom stereocenters. The second-order valence-corrected chi connectivity index (χ2v) is 5.11. The predicted octanol–water partition coefficient (Wildman–Crippen LogP) is 3.60. The Morgan fingerprint density at radius 2 is 2.06 bits per heavy atom. The molecule has 0 fully saturated rings. The van der Waals surface area contributed by atoms with Crippen LogP contribution in [-0.2, 0) is 0 Å². The van der Waals surface area contributed by atoms with Crippen molar-refractivity contribution in [2.45, 2.75) is 52.5 Å². The first-order chi connectivity index (χ1) is 7.47. The molecule has 16 heavy (non-hydrogen) atoms. The molecule has 0 amide bonds. The normalized spacial score (nSPS) is 13.5. The van der Waals surface area contributed by atoms with Crippen molar-refractivity contribution in [2.24, 2.45) is 5.92 Å². The first-order valence-corrected chi connectivity index (χ1v) is 6.23. The van der Waals surface area contributed by atoms with E-state index in [0.29, 0.717) is 0 Å². The Morgan fingerprint density at radius 1 is 1.44 bits per heavy atom. The van der Waals surface area contributed by atoms with Crippen LogP contribution in [-0.4, -0.2) is 23.5 Å². The monoisotopic (exact) mass is 222 g/mol. The largest absolute Gasteiger partial charge is 0.298 e. The van der Waals surface area contributed by atoms with Gasteiger partial charge in [-0.05, 0) is 46.6 Å². The van der Waals surface area contributed by atoms with E-state index in [1.807, 2.05) is 13.0 Å². The third-order valence-electron chi connectivity index (χ3n) is 2.98. The molecule has 0 saturated carbocycles. The molecule has 0 aliphatic heterocycles. The molecule has 0 heterocycles. The van der Waals surface area contributed by atoms with Gasteiger partial charge in [0, 0.05) is 18.0 Å². The Morgan fingerprint density at radius 3 is 2.50 bits per heavy atom. The Labute approximate surface area is 101 Å². The summed E-state index contributed by atoms with van der Waals surface area (Å²) < 4.78 is 0. The van der Waals surface area contributed by atoms with Gasteiger partial charge >= 0.3 is 0 Å². The van der Waals surface area contributed by atoms with E-state index in [2.05, 4.69) is 38.3 Å². The highest BCUT2D eigenvalue weighted by Crippen LogP contribution is 2.24. The minimum atomic E-state index is 0.105. The van der Waals surface area contributed by atoms with Crippen molar-refractivity contribution in [1.29, 1.82) is 5.26 Å². The third kappa shape index (κ3) is 5.32. The van der Waals surface area contributed by atoms with Gasteiger partial charge in [-0.15, -0.1) is 6.58 Å². The molecule has 0 rings (SSSR count). The highest BCUT2D eigenvalue weighted by Gasteiger charge is 2.27. The minimum Gasteiger partial charge on any atom is -0.298 e. The maximum Gasteiger partial charge on any atom is 0.0653 e. The zero-order chi connectivity index (χ0) is 12.6. The summed E-state index contributed by atoms with van der Waals surface area (Å²) in [7, 11) is 0. The van der Waals surface area contributed by atoms with E-state index in [-0.39, 0.29) is 11.5 Å². The second kappa shape index (κ2) is 7.46. The van der Waals surface area contributed by atoms with Crippen LogP contribution >= 0.6 is 0 Å². The van der Waals surface area contributed by atoms with Gasteiger partial charge in [-0.2, -0.15) is 5.26 Å². The maximum absolute atomic E-state index is 8.90. The zero-order valence-electron chi connectivity index (χ0n) is 11.3. The van der Waals surface area contributed by atoms with E-state index >= 15 is 0 Å². The number of hydrogen-bond donors (Lipinski definition) is 0. The van der Waals surface area contributed by atoms with Gasteiger partial charge in [0.2, 0.25) is 0 Å². The smallest absolute Gasteiger partial charge is 0.0653 e. The predicted molar refractivity (Wildman–Crippen MR) is 70.2 cm³/mol. The highest BCUT2D eigenvalue weighted by molar-refractivity contribution is 4.90. The Hall–Kier alpha value is -0.810. The average Bonchev–Trinajstić information content (AvgIpc) is 2.23. The van der Waals surface area contributed by atoms with E-state index in [9.17, 15) is 0 Å². The molecule has 1 atom stereocenters. The Kier molecular flexibility index (Phi) is 7.08. The van der Waals surface area contributed by atoms with Crippen molar-refractivity contribution in [3.8, 4) is 6.07 Å². The number of rotatable bonds is 8. The lowest BCUT2D eigenvalue weighted by molar-refractivity contribution is 0.104. The quantitative estimate of drug-likeness (QED) is 0.587. The maximum atomic E-state index is 8.90. The Bertz CT molecular complexity index is 238. The van der Waals surface area contributed by atoms with Crippen LogP contribution in [0.4, 0.5) is 0 Å². The number of nitriles is 1. The molecule has 0 aliphatic carbocycles. The molecule has 0 saturated heterocycles. The topological polar surface area (TPSA) is 27.0 Å². The number of nitrogens with zero attached hydrogens (tertiary/aromatic N) is 2. The van der Waals surface area contributed by atoms with Crippen LogP contribution in [0.5, 0.6) is 0 Å². The summed E-state index contributed by atoms with van der Waals surface area (Å²) in [5, 5.41) is 8.90. The summed E-state index contributed by atoms with van der Waals surface area (Å²) in [5.74, 6) is 0.123. The van der Waals surface area contributed by atoms with Crippen LogP contribution in [0.15, 0.2) is 12.7 Å².